The van der Waals surface area contributed by atoms with Crippen molar-refractivity contribution in [2.75, 3.05) is 20.2 Å². The molecule has 0 bridgehead atoms. The summed E-state index contributed by atoms with van der Waals surface area (Å²) in [5.41, 5.74) is 0. The molecule has 0 aliphatic carbocycles. The lowest BCUT2D eigenvalue weighted by molar-refractivity contribution is 0.0797. The van der Waals surface area contributed by atoms with Gasteiger partial charge in [-0.25, -0.2) is 0 Å². The summed E-state index contributed by atoms with van der Waals surface area (Å²) in [4.78, 5) is 3.69. The first kappa shape index (κ1) is 12.4. The van der Waals surface area contributed by atoms with Crippen LogP contribution in [0.1, 0.15) is 17.7 Å². The van der Waals surface area contributed by atoms with Crippen LogP contribution in [0.5, 0.6) is 5.06 Å². The second kappa shape index (κ2) is 5.49. The zero-order chi connectivity index (χ0) is 11.5. The average Bonchev–Trinajstić information content (AvgIpc) is 2.62. The Hall–Kier alpha value is -0.100. The van der Waals surface area contributed by atoms with E-state index >= 15 is 0 Å². The van der Waals surface area contributed by atoms with Crippen LogP contribution in [0.25, 0.3) is 0 Å². The summed E-state index contributed by atoms with van der Waals surface area (Å²) in [6, 6.07) is 2.12. The highest BCUT2D eigenvalue weighted by Crippen LogP contribution is 2.35. The van der Waals surface area contributed by atoms with Crippen molar-refractivity contribution in [2.24, 2.45) is 0 Å². The van der Waals surface area contributed by atoms with Crippen LogP contribution in [0.15, 0.2) is 10.5 Å². The van der Waals surface area contributed by atoms with Gasteiger partial charge in [0.15, 0.2) is 5.06 Å². The second-order valence-electron chi connectivity index (χ2n) is 4.06. The van der Waals surface area contributed by atoms with E-state index in [0.717, 1.165) is 42.0 Å². The largest absolute Gasteiger partial charge is 0.486 e. The van der Waals surface area contributed by atoms with E-state index in [-0.39, 0.29) is 6.10 Å². The highest BCUT2D eigenvalue weighted by Gasteiger charge is 2.18. The summed E-state index contributed by atoms with van der Waals surface area (Å²) in [5, 5.41) is 10.4. The van der Waals surface area contributed by atoms with Crippen molar-refractivity contribution in [1.29, 1.82) is 0 Å². The molecule has 2 rings (SSSR count). The van der Waals surface area contributed by atoms with Gasteiger partial charge in [-0.05, 0) is 34.8 Å². The molecule has 5 heteroatoms. The number of thiophene rings is 1. The van der Waals surface area contributed by atoms with Gasteiger partial charge in [-0.3, -0.25) is 4.90 Å². The van der Waals surface area contributed by atoms with Crippen LogP contribution < -0.4 is 4.74 Å². The van der Waals surface area contributed by atoms with E-state index in [9.17, 15) is 5.11 Å². The van der Waals surface area contributed by atoms with Crippen LogP contribution >= 0.6 is 27.3 Å². The van der Waals surface area contributed by atoms with Crippen LogP contribution in [0, 0.1) is 0 Å². The Balaban J connectivity index is 1.93. The molecule has 1 aromatic heterocycles. The first-order valence-corrected chi connectivity index (χ1v) is 7.02. The van der Waals surface area contributed by atoms with Gasteiger partial charge >= 0.3 is 0 Å². The van der Waals surface area contributed by atoms with Gasteiger partial charge in [0, 0.05) is 24.5 Å². The Bertz CT molecular complexity index is 348. The lowest BCUT2D eigenvalue weighted by Crippen LogP contribution is -2.35. The molecule has 3 nitrogen and oxygen atoms in total. The Kier molecular flexibility index (Phi) is 4.24. The monoisotopic (exact) mass is 305 g/mol. The molecule has 2 heterocycles. The third kappa shape index (κ3) is 2.97. The normalized spacial score (nSPS) is 18.9. The summed E-state index contributed by atoms with van der Waals surface area (Å²) in [6.07, 6.45) is 1.69. The highest BCUT2D eigenvalue weighted by atomic mass is 79.9. The van der Waals surface area contributed by atoms with Crippen molar-refractivity contribution in [1.82, 2.24) is 4.90 Å². The minimum absolute atomic E-state index is 0.0964. The van der Waals surface area contributed by atoms with Crippen molar-refractivity contribution in [2.45, 2.75) is 25.5 Å². The van der Waals surface area contributed by atoms with Gasteiger partial charge < -0.3 is 9.84 Å². The van der Waals surface area contributed by atoms with Gasteiger partial charge in [0.1, 0.15) is 0 Å². The summed E-state index contributed by atoms with van der Waals surface area (Å²) in [5.74, 6) is 0. The Morgan fingerprint density at radius 1 is 1.56 bits per heavy atom. The number of aliphatic hydroxyl groups excluding tert-OH is 1. The average molecular weight is 306 g/mol. The Morgan fingerprint density at radius 2 is 2.25 bits per heavy atom. The zero-order valence-corrected chi connectivity index (χ0v) is 11.7. The molecule has 0 spiro atoms. The van der Waals surface area contributed by atoms with Gasteiger partial charge in [-0.15, -0.1) is 11.3 Å². The fourth-order valence-corrected chi connectivity index (χ4v) is 3.65. The number of likely N-dealkylation sites (tertiary alicyclic amines) is 1. The predicted octanol–water partition coefficient (Wildman–Crippen LogP) is 2.48. The third-order valence-electron chi connectivity index (χ3n) is 2.83. The highest BCUT2D eigenvalue weighted by molar-refractivity contribution is 9.10. The number of rotatable bonds is 3. The second-order valence-corrected chi connectivity index (χ2v) is 6.01. The predicted molar refractivity (Wildman–Crippen MR) is 69.1 cm³/mol. The maximum absolute atomic E-state index is 9.43. The van der Waals surface area contributed by atoms with E-state index in [4.69, 9.17) is 4.74 Å². The molecule has 1 aliphatic rings. The first-order chi connectivity index (χ1) is 7.69. The Labute approximate surface area is 108 Å². The fraction of sp³-hybridized carbons (Fsp3) is 0.636. The molecule has 0 radical (unpaired) electrons. The van der Waals surface area contributed by atoms with Crippen molar-refractivity contribution in [3.63, 3.8) is 0 Å². The summed E-state index contributed by atoms with van der Waals surface area (Å²) in [7, 11) is 1.69. The van der Waals surface area contributed by atoms with Crippen LogP contribution in [-0.4, -0.2) is 36.3 Å². The Morgan fingerprint density at radius 3 is 2.81 bits per heavy atom. The number of piperidine rings is 1. The molecule has 16 heavy (non-hydrogen) atoms. The number of aliphatic hydroxyl groups is 1. The fourth-order valence-electron chi connectivity index (χ4n) is 1.91. The number of halogens is 1. The molecule has 0 amide bonds. The topological polar surface area (TPSA) is 32.7 Å². The molecule has 1 N–H and O–H groups in total. The van der Waals surface area contributed by atoms with Crippen molar-refractivity contribution < 1.29 is 9.84 Å². The van der Waals surface area contributed by atoms with E-state index in [0.29, 0.717) is 0 Å². The molecular weight excluding hydrogens is 290 g/mol. The van der Waals surface area contributed by atoms with Crippen molar-refractivity contribution in [3.05, 3.63) is 15.4 Å². The number of methoxy groups -OCH3 is 1. The smallest absolute Gasteiger partial charge is 0.188 e. The van der Waals surface area contributed by atoms with Gasteiger partial charge in [0.2, 0.25) is 0 Å². The molecule has 0 atom stereocenters. The molecular formula is C11H16BrNO2S. The summed E-state index contributed by atoms with van der Waals surface area (Å²) in [6.45, 7) is 2.93. The van der Waals surface area contributed by atoms with Gasteiger partial charge in [0.25, 0.3) is 0 Å². The molecule has 1 fully saturated rings. The van der Waals surface area contributed by atoms with Crippen LogP contribution in [0.2, 0.25) is 0 Å². The minimum atomic E-state index is -0.0964. The molecule has 0 saturated carbocycles. The molecule has 1 aromatic rings. The number of nitrogens with zero attached hydrogens (tertiary/aromatic N) is 1. The maximum Gasteiger partial charge on any atom is 0.188 e. The lowest BCUT2D eigenvalue weighted by atomic mass is 10.1. The van der Waals surface area contributed by atoms with Crippen molar-refractivity contribution >= 4 is 27.3 Å². The summed E-state index contributed by atoms with van der Waals surface area (Å²) >= 11 is 5.16. The van der Waals surface area contributed by atoms with Crippen LogP contribution in [-0.2, 0) is 6.54 Å². The molecule has 0 unspecified atom stereocenters. The van der Waals surface area contributed by atoms with Gasteiger partial charge in [-0.2, -0.15) is 0 Å². The zero-order valence-electron chi connectivity index (χ0n) is 9.28. The third-order valence-corrected chi connectivity index (χ3v) is 4.76. The molecule has 0 aromatic carbocycles. The van der Waals surface area contributed by atoms with E-state index in [2.05, 4.69) is 26.9 Å². The van der Waals surface area contributed by atoms with E-state index < -0.39 is 0 Å². The lowest BCUT2D eigenvalue weighted by Gasteiger charge is -2.28. The van der Waals surface area contributed by atoms with Gasteiger partial charge in [0.05, 0.1) is 17.7 Å². The standard InChI is InChI=1S/C11H16BrNO2S/c1-15-11-10(12)6-9(16-11)7-13-4-2-8(14)3-5-13/h6,8,14H,2-5,7H2,1H3. The SMILES string of the molecule is COc1sc(CN2CCC(O)CC2)cc1Br. The molecule has 1 aliphatic heterocycles. The number of ether oxygens (including phenoxy) is 1. The van der Waals surface area contributed by atoms with E-state index in [1.165, 1.54) is 4.88 Å². The van der Waals surface area contributed by atoms with Gasteiger partial charge in [-0.1, -0.05) is 0 Å². The van der Waals surface area contributed by atoms with Crippen LogP contribution in [0.4, 0.5) is 0 Å². The minimum Gasteiger partial charge on any atom is -0.486 e. The number of hydrogen-bond donors (Lipinski definition) is 1. The van der Waals surface area contributed by atoms with E-state index in [1.807, 2.05) is 0 Å². The summed E-state index contributed by atoms with van der Waals surface area (Å²) < 4.78 is 6.28. The van der Waals surface area contributed by atoms with E-state index in [1.54, 1.807) is 18.4 Å². The molecule has 90 valence electrons. The number of hydrogen-bond acceptors (Lipinski definition) is 4. The first-order valence-electron chi connectivity index (χ1n) is 5.41. The van der Waals surface area contributed by atoms with Crippen LogP contribution in [0.3, 0.4) is 0 Å². The maximum atomic E-state index is 9.43. The molecule has 1 saturated heterocycles. The quantitative estimate of drug-likeness (QED) is 0.931. The van der Waals surface area contributed by atoms with Crippen molar-refractivity contribution in [3.8, 4) is 5.06 Å².